The first kappa shape index (κ1) is 28.9. The minimum atomic E-state index is -2.05. The average molecular weight is 595 g/mol. The maximum absolute atomic E-state index is 11.9. The molecule has 0 radical (unpaired) electrons. The summed E-state index contributed by atoms with van der Waals surface area (Å²) in [5.74, 6) is -0.886. The summed E-state index contributed by atoms with van der Waals surface area (Å²) in [6, 6.07) is 7.31. The van der Waals surface area contributed by atoms with E-state index in [4.69, 9.17) is 41.8 Å². The molecule has 3 aromatic rings. The lowest BCUT2D eigenvalue weighted by molar-refractivity contribution is -0.223. The number of rotatable bonds is 6. The third-order valence-corrected chi connectivity index (χ3v) is 13.4. The zero-order valence-corrected chi connectivity index (χ0v) is 26.2. The van der Waals surface area contributed by atoms with E-state index < -0.39 is 44.2 Å². The van der Waals surface area contributed by atoms with Crippen molar-refractivity contribution in [1.29, 1.82) is 0 Å². The number of aromatic nitrogens is 3. The van der Waals surface area contributed by atoms with Gasteiger partial charge >= 0.3 is 0 Å². The third-order valence-electron chi connectivity index (χ3n) is 8.39. The minimum Gasteiger partial charge on any atom is -0.413 e. The SMILES string of the molecule is CC1(C)O[C@H]2[C@H](n3ccc4c(Cl)ncnc43)O[C@H](C(O)c3ccc(Cl)cc3CO[Si](C)(C)C(C)(C)C)[C@@]2(C)O1. The Morgan fingerprint density at radius 2 is 1.87 bits per heavy atom. The van der Waals surface area contributed by atoms with Gasteiger partial charge in [-0.05, 0) is 68.2 Å². The van der Waals surface area contributed by atoms with Gasteiger partial charge in [0, 0.05) is 11.2 Å². The molecule has 11 heteroatoms. The van der Waals surface area contributed by atoms with Gasteiger partial charge in [-0.3, -0.25) is 0 Å². The largest absolute Gasteiger partial charge is 0.413 e. The molecule has 2 aliphatic heterocycles. The zero-order valence-electron chi connectivity index (χ0n) is 23.7. The maximum atomic E-state index is 11.9. The molecule has 39 heavy (non-hydrogen) atoms. The fourth-order valence-electron chi connectivity index (χ4n) is 5.32. The van der Waals surface area contributed by atoms with Crippen molar-refractivity contribution in [3.63, 3.8) is 0 Å². The van der Waals surface area contributed by atoms with Gasteiger partial charge in [-0.2, -0.15) is 0 Å². The molecule has 0 aliphatic carbocycles. The quantitative estimate of drug-likeness (QED) is 0.248. The van der Waals surface area contributed by atoms with Crippen LogP contribution in [0.15, 0.2) is 36.8 Å². The second kappa shape index (κ2) is 9.77. The van der Waals surface area contributed by atoms with Gasteiger partial charge < -0.3 is 28.3 Å². The van der Waals surface area contributed by atoms with Crippen molar-refractivity contribution in [3.8, 4) is 0 Å². The van der Waals surface area contributed by atoms with Gasteiger partial charge in [0.2, 0.25) is 0 Å². The van der Waals surface area contributed by atoms with Crippen LogP contribution >= 0.6 is 23.2 Å². The van der Waals surface area contributed by atoms with Crippen LogP contribution in [-0.4, -0.2) is 51.6 Å². The maximum Gasteiger partial charge on any atom is 0.192 e. The number of ether oxygens (including phenoxy) is 3. The van der Waals surface area contributed by atoms with Gasteiger partial charge in [-0.15, -0.1) is 0 Å². The number of aliphatic hydroxyl groups is 1. The van der Waals surface area contributed by atoms with E-state index in [1.54, 1.807) is 6.07 Å². The van der Waals surface area contributed by atoms with E-state index in [2.05, 4.69) is 43.8 Å². The molecule has 2 saturated heterocycles. The molecule has 5 atom stereocenters. The normalized spacial score (nSPS) is 27.7. The summed E-state index contributed by atoms with van der Waals surface area (Å²) < 4.78 is 27.9. The van der Waals surface area contributed by atoms with Gasteiger partial charge in [0.25, 0.3) is 0 Å². The molecule has 5 rings (SSSR count). The molecule has 4 heterocycles. The molecule has 2 aromatic heterocycles. The lowest BCUT2D eigenvalue weighted by Crippen LogP contribution is -2.46. The van der Waals surface area contributed by atoms with E-state index in [-0.39, 0.29) is 5.04 Å². The van der Waals surface area contributed by atoms with Crippen molar-refractivity contribution in [2.45, 2.75) is 102 Å². The molecule has 0 amide bonds. The zero-order chi connectivity index (χ0) is 28.5. The number of aliphatic hydroxyl groups excluding tert-OH is 1. The summed E-state index contributed by atoms with van der Waals surface area (Å²) in [5.41, 5.74) is 1.13. The van der Waals surface area contributed by atoms with Crippen LogP contribution < -0.4 is 0 Å². The Hall–Kier alpha value is -1.56. The van der Waals surface area contributed by atoms with Gasteiger partial charge in [0.1, 0.15) is 41.0 Å². The fraction of sp³-hybridized carbons (Fsp3) is 0.571. The Morgan fingerprint density at radius 3 is 2.56 bits per heavy atom. The smallest absolute Gasteiger partial charge is 0.192 e. The van der Waals surface area contributed by atoms with E-state index in [0.29, 0.717) is 33.4 Å². The van der Waals surface area contributed by atoms with E-state index in [1.807, 2.05) is 49.7 Å². The third kappa shape index (κ3) is 5.06. The predicted octanol–water partition coefficient (Wildman–Crippen LogP) is 6.80. The lowest BCUT2D eigenvalue weighted by Gasteiger charge is -2.37. The monoisotopic (exact) mass is 593 g/mol. The van der Waals surface area contributed by atoms with Gasteiger partial charge in [0.05, 0.1) is 12.0 Å². The molecule has 0 saturated carbocycles. The summed E-state index contributed by atoms with van der Waals surface area (Å²) in [6.45, 7) is 17.0. The van der Waals surface area contributed by atoms with Crippen molar-refractivity contribution in [1.82, 2.24) is 14.5 Å². The van der Waals surface area contributed by atoms with Crippen LogP contribution in [-0.2, 0) is 25.2 Å². The molecular weight excluding hydrogens is 557 g/mol. The fourth-order valence-corrected chi connectivity index (χ4v) is 6.66. The van der Waals surface area contributed by atoms with Gasteiger partial charge in [0.15, 0.2) is 20.3 Å². The molecule has 0 spiro atoms. The number of benzene rings is 1. The van der Waals surface area contributed by atoms with Crippen LogP contribution in [0.25, 0.3) is 11.0 Å². The van der Waals surface area contributed by atoms with Gasteiger partial charge in [-0.25, -0.2) is 9.97 Å². The highest BCUT2D eigenvalue weighted by molar-refractivity contribution is 6.74. The standard InChI is InChI=1S/C28H37Cl2N3O5Si/c1-26(2,3)39(7,8)35-14-16-13-17(29)9-10-18(16)20(34)21-28(6)22(37-27(4,5)38-28)25(36-21)33-12-11-19-23(30)31-15-32-24(19)33/h9-13,15,20-22,25,34H,14H2,1-8H3/t20?,21-,22+,25-,28-/m1/s1. The number of nitrogens with zero attached hydrogens (tertiary/aromatic N) is 3. The van der Waals surface area contributed by atoms with Crippen LogP contribution in [0.1, 0.15) is 65.0 Å². The van der Waals surface area contributed by atoms with Crippen molar-refractivity contribution < 1.29 is 23.7 Å². The molecule has 1 aromatic carbocycles. The lowest BCUT2D eigenvalue weighted by atomic mass is 9.87. The Balaban J connectivity index is 1.52. The second-order valence-electron chi connectivity index (χ2n) is 12.6. The number of hydrogen-bond donors (Lipinski definition) is 1. The molecule has 2 aliphatic rings. The first-order valence-electron chi connectivity index (χ1n) is 13.1. The molecule has 0 bridgehead atoms. The van der Waals surface area contributed by atoms with Crippen LogP contribution in [0.4, 0.5) is 0 Å². The van der Waals surface area contributed by atoms with Crippen LogP contribution in [0.2, 0.25) is 28.3 Å². The van der Waals surface area contributed by atoms with E-state index in [0.717, 1.165) is 5.56 Å². The topological polar surface area (TPSA) is 87.9 Å². The Morgan fingerprint density at radius 1 is 1.15 bits per heavy atom. The number of hydrogen-bond acceptors (Lipinski definition) is 7. The Kier molecular flexibility index (Phi) is 7.25. The summed E-state index contributed by atoms with van der Waals surface area (Å²) in [5, 5.41) is 13.6. The Bertz CT molecular complexity index is 1390. The highest BCUT2D eigenvalue weighted by Crippen LogP contribution is 2.54. The van der Waals surface area contributed by atoms with Gasteiger partial charge in [-0.1, -0.05) is 50.0 Å². The Labute approximate surface area is 240 Å². The van der Waals surface area contributed by atoms with Crippen molar-refractivity contribution >= 4 is 42.6 Å². The van der Waals surface area contributed by atoms with Crippen molar-refractivity contribution in [3.05, 3.63) is 58.1 Å². The van der Waals surface area contributed by atoms with E-state index in [9.17, 15) is 5.11 Å². The van der Waals surface area contributed by atoms with Crippen molar-refractivity contribution in [2.24, 2.45) is 0 Å². The molecule has 2 fully saturated rings. The molecule has 212 valence electrons. The van der Waals surface area contributed by atoms with Crippen LogP contribution in [0, 0.1) is 0 Å². The number of halogens is 2. The minimum absolute atomic E-state index is 0.0411. The number of fused-ring (bicyclic) bond motifs is 2. The van der Waals surface area contributed by atoms with E-state index >= 15 is 0 Å². The first-order valence-corrected chi connectivity index (χ1v) is 16.8. The highest BCUT2D eigenvalue weighted by Gasteiger charge is 2.66. The molecule has 1 unspecified atom stereocenters. The van der Waals surface area contributed by atoms with Crippen LogP contribution in [0.3, 0.4) is 0 Å². The molecule has 1 N–H and O–H groups in total. The summed E-state index contributed by atoms with van der Waals surface area (Å²) in [6.07, 6.45) is 0.294. The second-order valence-corrected chi connectivity index (χ2v) is 18.2. The average Bonchev–Trinajstić information content (AvgIpc) is 3.44. The predicted molar refractivity (Wildman–Crippen MR) is 153 cm³/mol. The van der Waals surface area contributed by atoms with E-state index in [1.165, 1.54) is 6.33 Å². The molecule has 8 nitrogen and oxygen atoms in total. The van der Waals surface area contributed by atoms with Crippen LogP contribution in [0.5, 0.6) is 0 Å². The first-order chi connectivity index (χ1) is 18.0. The summed E-state index contributed by atoms with van der Waals surface area (Å²) >= 11 is 12.7. The molecular formula is C28H37Cl2N3O5Si. The highest BCUT2D eigenvalue weighted by atomic mass is 35.5. The summed E-state index contributed by atoms with van der Waals surface area (Å²) in [7, 11) is -2.05. The van der Waals surface area contributed by atoms with Crippen molar-refractivity contribution in [2.75, 3.05) is 0 Å². The summed E-state index contributed by atoms with van der Waals surface area (Å²) in [4.78, 5) is 8.52.